The molecule has 2 rings (SSSR count). The van der Waals surface area contributed by atoms with Gasteiger partial charge < -0.3 is 14.6 Å². The van der Waals surface area contributed by atoms with Crippen molar-refractivity contribution >= 4 is 5.97 Å². The number of aromatic carboxylic acids is 1. The van der Waals surface area contributed by atoms with Gasteiger partial charge >= 0.3 is 5.97 Å². The maximum atomic E-state index is 12.8. The fraction of sp³-hybridized carbons (Fsp3) is 0.455. The highest BCUT2D eigenvalue weighted by molar-refractivity contribution is 5.90. The Bertz CT molecular complexity index is 418. The molecule has 1 atom stereocenters. The maximum Gasteiger partial charge on any atom is 0.341 e. The van der Waals surface area contributed by atoms with E-state index in [0.717, 1.165) is 25.1 Å². The lowest BCUT2D eigenvalue weighted by atomic mass is 10.2. The summed E-state index contributed by atoms with van der Waals surface area (Å²) in [5.41, 5.74) is -0.275. The Morgan fingerprint density at radius 3 is 3.18 bits per heavy atom. The van der Waals surface area contributed by atoms with Crippen molar-refractivity contribution in [2.24, 2.45) is 0 Å². The predicted molar refractivity (Wildman–Crippen MR) is 55.6 cm³/mol. The van der Waals surface area contributed by atoms with Crippen molar-refractivity contribution in [3.63, 3.8) is 0 Å². The highest BCUT2D eigenvalue weighted by Crippen LogP contribution is 2.18. The van der Waals surface area contributed by atoms with Crippen LogP contribution in [0.4, 0.5) is 4.39 Å². The van der Waals surface area contributed by atoms with Crippen LogP contribution in [-0.4, -0.2) is 35.4 Å². The molecular weight excluding hydrogens is 229 g/mol. The van der Waals surface area contributed by atoms with E-state index in [4.69, 9.17) is 14.6 Å². The van der Waals surface area contributed by atoms with Gasteiger partial charge in [-0.05, 0) is 18.9 Å². The molecule has 0 radical (unpaired) electrons. The van der Waals surface area contributed by atoms with Gasteiger partial charge in [-0.25, -0.2) is 14.2 Å². The van der Waals surface area contributed by atoms with Gasteiger partial charge in [-0.15, -0.1) is 0 Å². The van der Waals surface area contributed by atoms with Crippen molar-refractivity contribution in [3.8, 4) is 5.88 Å². The summed E-state index contributed by atoms with van der Waals surface area (Å²) < 4.78 is 23.4. The number of nitrogens with zero attached hydrogens (tertiary/aromatic N) is 1. The van der Waals surface area contributed by atoms with E-state index in [2.05, 4.69) is 4.98 Å². The average Bonchev–Trinajstić information content (AvgIpc) is 2.80. The van der Waals surface area contributed by atoms with Crippen LogP contribution in [0.25, 0.3) is 0 Å². The molecule has 1 aromatic rings. The number of pyridine rings is 1. The third-order valence-electron chi connectivity index (χ3n) is 2.48. The van der Waals surface area contributed by atoms with E-state index in [1.165, 1.54) is 0 Å². The Morgan fingerprint density at radius 1 is 1.71 bits per heavy atom. The van der Waals surface area contributed by atoms with Crippen LogP contribution in [0, 0.1) is 5.82 Å². The van der Waals surface area contributed by atoms with Crippen LogP contribution in [0.1, 0.15) is 23.2 Å². The molecule has 1 aliphatic heterocycles. The van der Waals surface area contributed by atoms with Crippen molar-refractivity contribution in [2.75, 3.05) is 13.2 Å². The molecule has 1 aliphatic rings. The number of rotatable bonds is 4. The van der Waals surface area contributed by atoms with Gasteiger partial charge in [0.2, 0.25) is 5.88 Å². The third-order valence-corrected chi connectivity index (χ3v) is 2.48. The summed E-state index contributed by atoms with van der Waals surface area (Å²) in [6.45, 7) is 0.926. The summed E-state index contributed by atoms with van der Waals surface area (Å²) in [6.07, 6.45) is 2.74. The Hall–Kier alpha value is -1.69. The largest absolute Gasteiger partial charge is 0.477 e. The zero-order valence-corrected chi connectivity index (χ0v) is 9.06. The lowest BCUT2D eigenvalue weighted by molar-refractivity contribution is 0.0615. The third kappa shape index (κ3) is 2.91. The normalized spacial score (nSPS) is 19.2. The Balaban J connectivity index is 2.06. The van der Waals surface area contributed by atoms with Gasteiger partial charge in [0.15, 0.2) is 0 Å². The molecule has 0 aromatic carbocycles. The van der Waals surface area contributed by atoms with Crippen LogP contribution in [-0.2, 0) is 4.74 Å². The summed E-state index contributed by atoms with van der Waals surface area (Å²) in [5.74, 6) is -2.04. The van der Waals surface area contributed by atoms with Gasteiger partial charge in [0.25, 0.3) is 0 Å². The van der Waals surface area contributed by atoms with E-state index < -0.39 is 11.8 Å². The zero-order chi connectivity index (χ0) is 12.3. The first-order valence-electron chi connectivity index (χ1n) is 5.30. The molecule has 1 aromatic heterocycles. The molecule has 1 N–H and O–H groups in total. The summed E-state index contributed by atoms with van der Waals surface area (Å²) >= 11 is 0. The van der Waals surface area contributed by atoms with E-state index in [9.17, 15) is 9.18 Å². The molecule has 0 amide bonds. The van der Waals surface area contributed by atoms with Gasteiger partial charge in [-0.2, -0.15) is 0 Å². The van der Waals surface area contributed by atoms with Crippen LogP contribution >= 0.6 is 0 Å². The van der Waals surface area contributed by atoms with Gasteiger partial charge in [0.05, 0.1) is 12.3 Å². The molecule has 0 saturated carbocycles. The summed E-state index contributed by atoms with van der Waals surface area (Å²) in [5, 5.41) is 8.86. The molecule has 92 valence electrons. The number of carboxylic acid groups (broad SMARTS) is 1. The molecule has 0 spiro atoms. The fourth-order valence-electron chi connectivity index (χ4n) is 1.64. The van der Waals surface area contributed by atoms with E-state index in [0.29, 0.717) is 6.61 Å². The summed E-state index contributed by atoms with van der Waals surface area (Å²) in [4.78, 5) is 14.5. The molecule has 1 saturated heterocycles. The standard InChI is InChI=1S/C11H12FNO4/c12-7-4-9(11(14)15)10(13-5-7)17-6-8-2-1-3-16-8/h4-5,8H,1-3,6H2,(H,14,15). The number of ether oxygens (including phenoxy) is 2. The average molecular weight is 241 g/mol. The minimum atomic E-state index is -1.26. The Morgan fingerprint density at radius 2 is 2.53 bits per heavy atom. The van der Waals surface area contributed by atoms with Gasteiger partial charge in [0, 0.05) is 6.61 Å². The maximum absolute atomic E-state index is 12.8. The van der Waals surface area contributed by atoms with Crippen LogP contribution in [0.15, 0.2) is 12.3 Å². The molecular formula is C11H12FNO4. The molecule has 1 unspecified atom stereocenters. The summed E-state index contributed by atoms with van der Waals surface area (Å²) in [6, 6.07) is 0.889. The second-order valence-corrected chi connectivity index (χ2v) is 3.76. The highest BCUT2D eigenvalue weighted by atomic mass is 19.1. The van der Waals surface area contributed by atoms with Crippen LogP contribution in [0.5, 0.6) is 5.88 Å². The second kappa shape index (κ2) is 5.09. The second-order valence-electron chi connectivity index (χ2n) is 3.76. The molecule has 0 aliphatic carbocycles. The minimum Gasteiger partial charge on any atom is -0.477 e. The SMILES string of the molecule is O=C(O)c1cc(F)cnc1OCC1CCCO1. The number of aromatic nitrogens is 1. The first-order chi connectivity index (χ1) is 8.16. The molecule has 5 nitrogen and oxygen atoms in total. The van der Waals surface area contributed by atoms with Crippen LogP contribution in [0.2, 0.25) is 0 Å². The van der Waals surface area contributed by atoms with E-state index >= 15 is 0 Å². The lowest BCUT2D eigenvalue weighted by Crippen LogP contribution is -2.18. The van der Waals surface area contributed by atoms with E-state index in [1.54, 1.807) is 0 Å². The van der Waals surface area contributed by atoms with Crippen LogP contribution < -0.4 is 4.74 Å². The highest BCUT2D eigenvalue weighted by Gasteiger charge is 2.19. The van der Waals surface area contributed by atoms with Crippen LogP contribution in [0.3, 0.4) is 0 Å². The lowest BCUT2D eigenvalue weighted by Gasteiger charge is -2.11. The predicted octanol–water partition coefficient (Wildman–Crippen LogP) is 1.48. The molecule has 6 heteroatoms. The van der Waals surface area contributed by atoms with Gasteiger partial charge in [0.1, 0.15) is 18.0 Å². The quantitative estimate of drug-likeness (QED) is 0.864. The monoisotopic (exact) mass is 241 g/mol. The molecule has 0 bridgehead atoms. The topological polar surface area (TPSA) is 68.7 Å². The zero-order valence-electron chi connectivity index (χ0n) is 9.06. The summed E-state index contributed by atoms with van der Waals surface area (Å²) in [7, 11) is 0. The van der Waals surface area contributed by atoms with Crippen molar-refractivity contribution in [1.82, 2.24) is 4.98 Å². The fourth-order valence-corrected chi connectivity index (χ4v) is 1.64. The van der Waals surface area contributed by atoms with Crippen molar-refractivity contribution in [1.29, 1.82) is 0 Å². The number of hydrogen-bond donors (Lipinski definition) is 1. The minimum absolute atomic E-state index is 0.0384. The van der Waals surface area contributed by atoms with Crippen molar-refractivity contribution in [3.05, 3.63) is 23.6 Å². The smallest absolute Gasteiger partial charge is 0.341 e. The number of carbonyl (C=O) groups is 1. The van der Waals surface area contributed by atoms with E-state index in [-0.39, 0.29) is 24.2 Å². The number of halogens is 1. The Labute approximate surface area is 97.2 Å². The first kappa shape index (κ1) is 11.8. The molecule has 1 fully saturated rings. The van der Waals surface area contributed by atoms with Gasteiger partial charge in [-0.3, -0.25) is 0 Å². The first-order valence-corrected chi connectivity index (χ1v) is 5.30. The van der Waals surface area contributed by atoms with E-state index in [1.807, 2.05) is 0 Å². The number of hydrogen-bond acceptors (Lipinski definition) is 4. The Kier molecular flexibility index (Phi) is 3.53. The van der Waals surface area contributed by atoms with Crippen molar-refractivity contribution < 1.29 is 23.8 Å². The number of carboxylic acids is 1. The van der Waals surface area contributed by atoms with Gasteiger partial charge in [-0.1, -0.05) is 0 Å². The van der Waals surface area contributed by atoms with Crippen molar-refractivity contribution in [2.45, 2.75) is 18.9 Å². The molecule has 17 heavy (non-hydrogen) atoms. The molecule has 2 heterocycles.